The smallest absolute Gasteiger partial charge is 0.282 e. The van der Waals surface area contributed by atoms with Crippen LogP contribution in [0.2, 0.25) is 0 Å². The molecule has 0 spiro atoms. The van der Waals surface area contributed by atoms with Gasteiger partial charge < -0.3 is 14.2 Å². The normalized spacial score (nSPS) is 21.9. The van der Waals surface area contributed by atoms with Crippen molar-refractivity contribution in [1.82, 2.24) is 8.61 Å². The first-order valence-electron chi connectivity index (χ1n) is 9.68. The van der Waals surface area contributed by atoms with Gasteiger partial charge in [0.25, 0.3) is 10.2 Å². The summed E-state index contributed by atoms with van der Waals surface area (Å²) in [5, 5.41) is 0. The molecule has 3 rings (SSSR count). The largest absolute Gasteiger partial charge is 0.496 e. The molecule has 0 aromatic heterocycles. The fourth-order valence-corrected chi connectivity index (χ4v) is 5.77. The number of benzene rings is 1. The van der Waals surface area contributed by atoms with E-state index in [0.717, 1.165) is 30.4 Å². The number of piperidine rings is 1. The first-order valence-corrected chi connectivity index (χ1v) is 11.1. The Morgan fingerprint density at radius 1 is 1.00 bits per heavy atom. The van der Waals surface area contributed by atoms with E-state index in [1.54, 1.807) is 29.9 Å². The van der Waals surface area contributed by atoms with E-state index in [0.29, 0.717) is 43.3 Å². The maximum Gasteiger partial charge on any atom is 0.282 e. The van der Waals surface area contributed by atoms with Gasteiger partial charge in [-0.3, -0.25) is 0 Å². The highest BCUT2D eigenvalue weighted by Gasteiger charge is 2.35. The van der Waals surface area contributed by atoms with E-state index in [9.17, 15) is 8.42 Å². The van der Waals surface area contributed by atoms with Gasteiger partial charge in [-0.1, -0.05) is 12.5 Å². The molecule has 0 N–H and O–H groups in total. The first-order chi connectivity index (χ1) is 13.4. The van der Waals surface area contributed by atoms with E-state index in [-0.39, 0.29) is 6.04 Å². The van der Waals surface area contributed by atoms with Crippen LogP contribution in [0, 0.1) is 0 Å². The Hall–Kier alpha value is -1.77. The van der Waals surface area contributed by atoms with Crippen LogP contribution in [0.3, 0.4) is 0 Å². The van der Waals surface area contributed by atoms with Crippen LogP contribution in [0.15, 0.2) is 18.2 Å². The molecule has 8 heteroatoms. The van der Waals surface area contributed by atoms with E-state index in [2.05, 4.69) is 0 Å². The van der Waals surface area contributed by atoms with Gasteiger partial charge >= 0.3 is 0 Å². The lowest BCUT2D eigenvalue weighted by Crippen LogP contribution is -2.50. The van der Waals surface area contributed by atoms with Gasteiger partial charge in [0.05, 0.1) is 26.9 Å². The molecule has 2 heterocycles. The number of nitrogens with zero attached hydrogens (tertiary/aromatic N) is 2. The molecule has 1 unspecified atom stereocenters. The molecule has 2 aliphatic heterocycles. The van der Waals surface area contributed by atoms with Crippen molar-refractivity contribution in [3.05, 3.63) is 23.8 Å². The monoisotopic (exact) mass is 410 g/mol. The molecule has 0 amide bonds. The molecular formula is C20H30N2O5S. The van der Waals surface area contributed by atoms with Crippen LogP contribution in [0.25, 0.3) is 5.57 Å². The third-order valence-electron chi connectivity index (χ3n) is 5.57. The molecule has 0 bridgehead atoms. The minimum absolute atomic E-state index is 0.0610. The Balaban J connectivity index is 1.86. The zero-order valence-corrected chi connectivity index (χ0v) is 17.9. The van der Waals surface area contributed by atoms with Crippen LogP contribution < -0.4 is 14.2 Å². The van der Waals surface area contributed by atoms with Crippen LogP contribution in [0.5, 0.6) is 17.2 Å². The predicted molar refractivity (Wildman–Crippen MR) is 109 cm³/mol. The fourth-order valence-electron chi connectivity index (χ4n) is 3.97. The van der Waals surface area contributed by atoms with Crippen molar-refractivity contribution in [1.29, 1.82) is 0 Å². The number of hydrogen-bond donors (Lipinski definition) is 0. The average Bonchev–Trinajstić information content (AvgIpc) is 2.72. The molecule has 0 aliphatic carbocycles. The summed E-state index contributed by atoms with van der Waals surface area (Å²) >= 11 is 0. The zero-order valence-electron chi connectivity index (χ0n) is 17.1. The zero-order chi connectivity index (χ0) is 20.3. The summed E-state index contributed by atoms with van der Waals surface area (Å²) in [4.78, 5) is 0. The SMILES string of the molecule is COc1cc(OC)c(C2=CCN(S(=O)(=O)N3CCCCC3C)CC2)c(OC)c1. The molecule has 1 aromatic carbocycles. The van der Waals surface area contributed by atoms with Crippen LogP contribution in [0.1, 0.15) is 38.2 Å². The predicted octanol–water partition coefficient (Wildman–Crippen LogP) is 2.92. The van der Waals surface area contributed by atoms with Gasteiger partial charge in [0.2, 0.25) is 0 Å². The molecule has 1 atom stereocenters. The maximum absolute atomic E-state index is 13.1. The summed E-state index contributed by atoms with van der Waals surface area (Å²) < 4.78 is 45.8. The topological polar surface area (TPSA) is 68.3 Å². The molecule has 7 nitrogen and oxygen atoms in total. The summed E-state index contributed by atoms with van der Waals surface area (Å²) in [5.74, 6) is 1.96. The summed E-state index contributed by atoms with van der Waals surface area (Å²) in [7, 11) is 1.37. The quantitative estimate of drug-likeness (QED) is 0.721. The second-order valence-electron chi connectivity index (χ2n) is 7.21. The number of rotatable bonds is 6. The lowest BCUT2D eigenvalue weighted by molar-refractivity contribution is 0.247. The van der Waals surface area contributed by atoms with Crippen molar-refractivity contribution in [3.8, 4) is 17.2 Å². The fraction of sp³-hybridized carbons (Fsp3) is 0.600. The van der Waals surface area contributed by atoms with Crippen molar-refractivity contribution >= 4 is 15.8 Å². The van der Waals surface area contributed by atoms with Crippen molar-refractivity contribution < 1.29 is 22.6 Å². The van der Waals surface area contributed by atoms with E-state index < -0.39 is 10.2 Å². The van der Waals surface area contributed by atoms with Crippen LogP contribution in [-0.2, 0) is 10.2 Å². The maximum atomic E-state index is 13.1. The van der Waals surface area contributed by atoms with E-state index >= 15 is 0 Å². The van der Waals surface area contributed by atoms with Crippen LogP contribution in [0.4, 0.5) is 0 Å². The molecule has 28 heavy (non-hydrogen) atoms. The van der Waals surface area contributed by atoms with Crippen molar-refractivity contribution in [2.24, 2.45) is 0 Å². The van der Waals surface area contributed by atoms with Gasteiger partial charge in [-0.25, -0.2) is 0 Å². The van der Waals surface area contributed by atoms with E-state index in [1.807, 2.05) is 25.1 Å². The number of hydrogen-bond acceptors (Lipinski definition) is 5. The number of ether oxygens (including phenoxy) is 3. The summed E-state index contributed by atoms with van der Waals surface area (Å²) in [6, 6.07) is 3.69. The van der Waals surface area contributed by atoms with Gasteiger partial charge in [-0.15, -0.1) is 0 Å². The minimum atomic E-state index is -3.44. The number of methoxy groups -OCH3 is 3. The van der Waals surface area contributed by atoms with Gasteiger partial charge in [0.1, 0.15) is 17.2 Å². The third kappa shape index (κ3) is 3.99. The molecule has 2 aliphatic rings. The Morgan fingerprint density at radius 3 is 2.18 bits per heavy atom. The van der Waals surface area contributed by atoms with Gasteiger partial charge in [0.15, 0.2) is 0 Å². The van der Waals surface area contributed by atoms with Gasteiger partial charge in [-0.05, 0) is 31.8 Å². The second-order valence-corrected chi connectivity index (χ2v) is 9.09. The van der Waals surface area contributed by atoms with Crippen molar-refractivity contribution in [2.75, 3.05) is 41.0 Å². The second kappa shape index (κ2) is 8.71. The van der Waals surface area contributed by atoms with Gasteiger partial charge in [-0.2, -0.15) is 17.0 Å². The Labute approximate surface area is 168 Å². The summed E-state index contributed by atoms with van der Waals surface area (Å²) in [6.07, 6.45) is 5.50. The van der Waals surface area contributed by atoms with Gasteiger partial charge in [0, 0.05) is 37.8 Å². The Morgan fingerprint density at radius 2 is 1.68 bits per heavy atom. The first kappa shape index (κ1) is 21.0. The van der Waals surface area contributed by atoms with Crippen LogP contribution >= 0.6 is 0 Å². The minimum Gasteiger partial charge on any atom is -0.496 e. The highest BCUT2D eigenvalue weighted by atomic mass is 32.2. The average molecular weight is 411 g/mol. The molecule has 1 aromatic rings. The highest BCUT2D eigenvalue weighted by molar-refractivity contribution is 7.86. The lowest BCUT2D eigenvalue weighted by Gasteiger charge is -2.37. The molecule has 1 fully saturated rings. The molecule has 0 saturated carbocycles. The van der Waals surface area contributed by atoms with E-state index in [1.165, 1.54) is 0 Å². The molecule has 0 radical (unpaired) electrons. The molecular weight excluding hydrogens is 380 g/mol. The summed E-state index contributed by atoms with van der Waals surface area (Å²) in [6.45, 7) is 3.39. The highest BCUT2D eigenvalue weighted by Crippen LogP contribution is 2.41. The molecule has 1 saturated heterocycles. The van der Waals surface area contributed by atoms with Crippen molar-refractivity contribution in [3.63, 3.8) is 0 Å². The Bertz CT molecular complexity index is 812. The lowest BCUT2D eigenvalue weighted by atomic mass is 9.98. The van der Waals surface area contributed by atoms with Crippen LogP contribution in [-0.4, -0.2) is 64.0 Å². The third-order valence-corrected chi connectivity index (χ3v) is 7.69. The molecule has 156 valence electrons. The van der Waals surface area contributed by atoms with Crippen molar-refractivity contribution in [2.45, 2.75) is 38.6 Å². The standard InChI is InChI=1S/C20H30N2O5S/c1-15-7-5-6-10-22(15)28(23,24)21-11-8-16(9-12-21)20-18(26-3)13-17(25-2)14-19(20)27-4/h8,13-15H,5-7,9-12H2,1-4H3. The van der Waals surface area contributed by atoms with E-state index in [4.69, 9.17) is 14.2 Å². The summed E-state index contributed by atoms with van der Waals surface area (Å²) in [5.41, 5.74) is 1.88. The Kier molecular flexibility index (Phi) is 6.52.